The van der Waals surface area contributed by atoms with Gasteiger partial charge in [-0.15, -0.1) is 5.73 Å². The molecule has 0 aliphatic heterocycles. The highest BCUT2D eigenvalue weighted by molar-refractivity contribution is 5.29. The SMILES string of the molecule is C1=CC=CC=CC=1CCc1ccccc1. The molecule has 0 heterocycles. The van der Waals surface area contributed by atoms with Crippen molar-refractivity contribution in [1.29, 1.82) is 0 Å². The third-order valence-electron chi connectivity index (χ3n) is 2.41. The quantitative estimate of drug-likeness (QED) is 0.641. The molecule has 1 aliphatic carbocycles. The maximum absolute atomic E-state index is 3.27. The molecule has 1 aliphatic rings. The smallest absolute Gasteiger partial charge is 0.00570 e. The average molecular weight is 194 g/mol. The molecule has 0 N–H and O–H groups in total. The molecule has 15 heavy (non-hydrogen) atoms. The van der Waals surface area contributed by atoms with E-state index in [0.29, 0.717) is 0 Å². The van der Waals surface area contributed by atoms with Crippen LogP contribution in [0.5, 0.6) is 0 Å². The largest absolute Gasteiger partial charge is 0.117 e. The zero-order chi connectivity index (χ0) is 10.3. The Morgan fingerprint density at radius 1 is 0.867 bits per heavy atom. The van der Waals surface area contributed by atoms with Crippen molar-refractivity contribution < 1.29 is 0 Å². The topological polar surface area (TPSA) is 0 Å². The molecule has 0 heteroatoms. The molecule has 1 aromatic carbocycles. The second kappa shape index (κ2) is 5.19. The maximum atomic E-state index is 3.27. The van der Waals surface area contributed by atoms with E-state index in [1.54, 1.807) is 0 Å². The van der Waals surface area contributed by atoms with Gasteiger partial charge in [0.15, 0.2) is 0 Å². The lowest BCUT2D eigenvalue weighted by Crippen LogP contribution is -1.85. The van der Waals surface area contributed by atoms with Gasteiger partial charge in [-0.05, 0) is 30.1 Å². The Balaban J connectivity index is 1.97. The molecule has 0 fully saturated rings. The minimum absolute atomic E-state index is 1.05. The lowest BCUT2D eigenvalue weighted by Gasteiger charge is -2.00. The lowest BCUT2D eigenvalue weighted by molar-refractivity contribution is 0.967. The summed E-state index contributed by atoms with van der Waals surface area (Å²) in [7, 11) is 0. The van der Waals surface area contributed by atoms with Crippen LogP contribution in [0.3, 0.4) is 0 Å². The Hall–Kier alpha value is -1.78. The zero-order valence-corrected chi connectivity index (χ0v) is 8.69. The summed E-state index contributed by atoms with van der Waals surface area (Å²) in [6, 6.07) is 10.6. The number of aryl methyl sites for hydroxylation is 1. The van der Waals surface area contributed by atoms with Crippen molar-refractivity contribution in [3.8, 4) is 0 Å². The zero-order valence-electron chi connectivity index (χ0n) is 8.69. The standard InChI is InChI=1S/C15H14/c1-2-5-9-14(8-4-1)12-13-15-10-6-3-7-11-15/h1-8,10-11H,12-13H2. The Bertz CT molecular complexity index is 426. The first-order chi connectivity index (χ1) is 7.45. The van der Waals surface area contributed by atoms with E-state index in [1.165, 1.54) is 11.1 Å². The van der Waals surface area contributed by atoms with E-state index in [0.717, 1.165) is 12.8 Å². The van der Waals surface area contributed by atoms with Gasteiger partial charge in [-0.3, -0.25) is 0 Å². The Morgan fingerprint density at radius 2 is 1.73 bits per heavy atom. The molecule has 74 valence electrons. The highest BCUT2D eigenvalue weighted by Gasteiger charge is 1.95. The average Bonchev–Trinajstić information content (AvgIpc) is 2.56. The molecule has 0 amide bonds. The van der Waals surface area contributed by atoms with Gasteiger partial charge in [-0.25, -0.2) is 0 Å². The fourth-order valence-corrected chi connectivity index (χ4v) is 1.57. The number of rotatable bonds is 3. The van der Waals surface area contributed by atoms with E-state index in [2.05, 4.69) is 48.2 Å². The van der Waals surface area contributed by atoms with Crippen molar-refractivity contribution in [2.45, 2.75) is 12.8 Å². The third-order valence-corrected chi connectivity index (χ3v) is 2.41. The summed E-state index contributed by atoms with van der Waals surface area (Å²) >= 11 is 0. The van der Waals surface area contributed by atoms with Crippen LogP contribution >= 0.6 is 0 Å². The highest BCUT2D eigenvalue weighted by atomic mass is 14.0. The minimum Gasteiger partial charge on any atom is -0.117 e. The van der Waals surface area contributed by atoms with Crippen LogP contribution in [0.15, 0.2) is 72.0 Å². The van der Waals surface area contributed by atoms with Crippen molar-refractivity contribution in [3.05, 3.63) is 77.6 Å². The second-order valence-corrected chi connectivity index (χ2v) is 3.57. The van der Waals surface area contributed by atoms with Gasteiger partial charge < -0.3 is 0 Å². The second-order valence-electron chi connectivity index (χ2n) is 3.57. The number of benzene rings is 1. The van der Waals surface area contributed by atoms with Crippen molar-refractivity contribution in [2.24, 2.45) is 0 Å². The minimum atomic E-state index is 1.05. The summed E-state index contributed by atoms with van der Waals surface area (Å²) in [5, 5.41) is 0. The number of allylic oxidation sites excluding steroid dienone is 5. The van der Waals surface area contributed by atoms with Gasteiger partial charge in [0.2, 0.25) is 0 Å². The summed E-state index contributed by atoms with van der Waals surface area (Å²) < 4.78 is 0. The molecule has 0 unspecified atom stereocenters. The highest BCUT2D eigenvalue weighted by Crippen LogP contribution is 2.10. The van der Waals surface area contributed by atoms with E-state index in [4.69, 9.17) is 0 Å². The third kappa shape index (κ3) is 3.12. The van der Waals surface area contributed by atoms with Crippen LogP contribution in [0.25, 0.3) is 0 Å². The van der Waals surface area contributed by atoms with Crippen molar-refractivity contribution in [1.82, 2.24) is 0 Å². The van der Waals surface area contributed by atoms with Crippen molar-refractivity contribution in [2.75, 3.05) is 0 Å². The molecule has 2 rings (SSSR count). The Morgan fingerprint density at radius 3 is 2.60 bits per heavy atom. The number of hydrogen-bond donors (Lipinski definition) is 0. The van der Waals surface area contributed by atoms with E-state index >= 15 is 0 Å². The molecule has 0 spiro atoms. The van der Waals surface area contributed by atoms with E-state index in [1.807, 2.05) is 18.2 Å². The van der Waals surface area contributed by atoms with Crippen molar-refractivity contribution >= 4 is 0 Å². The molecule has 0 radical (unpaired) electrons. The van der Waals surface area contributed by atoms with Crippen LogP contribution < -0.4 is 0 Å². The summed E-state index contributed by atoms with van der Waals surface area (Å²) in [5.41, 5.74) is 5.92. The maximum Gasteiger partial charge on any atom is -0.00570 e. The van der Waals surface area contributed by atoms with E-state index < -0.39 is 0 Å². The molecule has 0 atom stereocenters. The predicted molar refractivity (Wildman–Crippen MR) is 64.6 cm³/mol. The van der Waals surface area contributed by atoms with Crippen LogP contribution in [0.4, 0.5) is 0 Å². The monoisotopic (exact) mass is 194 g/mol. The Kier molecular flexibility index (Phi) is 3.38. The molecule has 0 aromatic heterocycles. The number of hydrogen-bond acceptors (Lipinski definition) is 0. The van der Waals surface area contributed by atoms with Crippen LogP contribution in [-0.2, 0) is 6.42 Å². The molecule has 0 bridgehead atoms. The molecule has 0 saturated carbocycles. The molecule has 0 nitrogen and oxygen atoms in total. The van der Waals surface area contributed by atoms with Gasteiger partial charge in [0, 0.05) is 0 Å². The molecule has 1 aromatic rings. The first-order valence-corrected chi connectivity index (χ1v) is 5.28. The fourth-order valence-electron chi connectivity index (χ4n) is 1.57. The lowest BCUT2D eigenvalue weighted by atomic mass is 10.1. The van der Waals surface area contributed by atoms with Crippen LogP contribution in [0, 0.1) is 0 Å². The van der Waals surface area contributed by atoms with E-state index in [-0.39, 0.29) is 0 Å². The summed E-state index contributed by atoms with van der Waals surface area (Å²) in [5.74, 6) is 0. The van der Waals surface area contributed by atoms with Crippen molar-refractivity contribution in [3.63, 3.8) is 0 Å². The Labute approximate surface area is 91.0 Å². The predicted octanol–water partition coefficient (Wildman–Crippen LogP) is 3.83. The van der Waals surface area contributed by atoms with Gasteiger partial charge in [-0.1, -0.05) is 54.6 Å². The molecular formula is C15H14. The van der Waals surface area contributed by atoms with Crippen LogP contribution in [0.1, 0.15) is 12.0 Å². The fraction of sp³-hybridized carbons (Fsp3) is 0.133. The first-order valence-electron chi connectivity index (χ1n) is 5.28. The molecular weight excluding hydrogens is 180 g/mol. The van der Waals surface area contributed by atoms with Gasteiger partial charge in [0.1, 0.15) is 0 Å². The van der Waals surface area contributed by atoms with Crippen LogP contribution in [-0.4, -0.2) is 0 Å². The van der Waals surface area contributed by atoms with Gasteiger partial charge >= 0.3 is 0 Å². The van der Waals surface area contributed by atoms with Gasteiger partial charge in [-0.2, -0.15) is 0 Å². The first kappa shape index (κ1) is 9.76. The summed E-state index contributed by atoms with van der Waals surface area (Å²) in [4.78, 5) is 0. The normalized spacial score (nSPS) is 13.7. The summed E-state index contributed by atoms with van der Waals surface area (Å²) in [6.07, 6.45) is 12.3. The summed E-state index contributed by atoms with van der Waals surface area (Å²) in [6.45, 7) is 0. The molecule has 0 saturated heterocycles. The van der Waals surface area contributed by atoms with Crippen LogP contribution in [0.2, 0.25) is 0 Å². The van der Waals surface area contributed by atoms with E-state index in [9.17, 15) is 0 Å². The van der Waals surface area contributed by atoms with Gasteiger partial charge in [0.05, 0.1) is 0 Å². The van der Waals surface area contributed by atoms with Gasteiger partial charge in [0.25, 0.3) is 0 Å².